The number of hydrogen-bond donors (Lipinski definition) is 2. The van der Waals surface area contributed by atoms with Crippen LogP contribution in [-0.2, 0) is 0 Å². The van der Waals surface area contributed by atoms with Crippen LogP contribution in [0.1, 0.15) is 30.9 Å². The lowest BCUT2D eigenvalue weighted by atomic mass is 10.0. The minimum atomic E-state index is 0.229. The van der Waals surface area contributed by atoms with Crippen molar-refractivity contribution in [3.8, 4) is 0 Å². The molecular weight excluding hydrogens is 260 g/mol. The van der Waals surface area contributed by atoms with Crippen LogP contribution in [0.2, 0.25) is 5.02 Å². The molecule has 0 bridgehead atoms. The maximum absolute atomic E-state index is 6.18. The summed E-state index contributed by atoms with van der Waals surface area (Å²) in [5, 5.41) is 3.89. The Hall–Kier alpha value is -1.81. The van der Waals surface area contributed by atoms with E-state index in [0.717, 1.165) is 16.8 Å². The highest BCUT2D eigenvalue weighted by Crippen LogP contribution is 2.31. The number of anilines is 3. The van der Waals surface area contributed by atoms with Gasteiger partial charge in [0.15, 0.2) is 0 Å². The molecule has 0 aliphatic heterocycles. The molecule has 1 aromatic heterocycles. The first-order valence-corrected chi connectivity index (χ1v) is 6.50. The van der Waals surface area contributed by atoms with Crippen molar-refractivity contribution in [2.45, 2.75) is 26.7 Å². The summed E-state index contributed by atoms with van der Waals surface area (Å²) in [5.41, 5.74) is 8.77. The van der Waals surface area contributed by atoms with E-state index in [1.54, 1.807) is 0 Å². The van der Waals surface area contributed by atoms with Crippen LogP contribution in [0.15, 0.2) is 24.5 Å². The number of rotatable bonds is 3. The Labute approximate surface area is 118 Å². The summed E-state index contributed by atoms with van der Waals surface area (Å²) >= 11 is 6.18. The van der Waals surface area contributed by atoms with Crippen LogP contribution in [0.25, 0.3) is 0 Å². The first kappa shape index (κ1) is 13.6. The van der Waals surface area contributed by atoms with E-state index in [9.17, 15) is 0 Å². The molecule has 1 heterocycles. The third-order valence-electron chi connectivity index (χ3n) is 2.87. The Kier molecular flexibility index (Phi) is 3.90. The minimum absolute atomic E-state index is 0.229. The summed E-state index contributed by atoms with van der Waals surface area (Å²) in [5.74, 6) is 1.43. The summed E-state index contributed by atoms with van der Waals surface area (Å²) in [6, 6.07) is 5.80. The number of halogens is 1. The zero-order chi connectivity index (χ0) is 14.0. The zero-order valence-corrected chi connectivity index (χ0v) is 12.0. The van der Waals surface area contributed by atoms with E-state index >= 15 is 0 Å². The monoisotopic (exact) mass is 276 g/mol. The second kappa shape index (κ2) is 5.45. The average molecular weight is 277 g/mol. The molecule has 0 aliphatic rings. The Balaban J connectivity index is 2.44. The molecule has 2 rings (SSSR count). The average Bonchev–Trinajstić information content (AvgIpc) is 2.33. The molecule has 0 atom stereocenters. The molecule has 0 aliphatic carbocycles. The van der Waals surface area contributed by atoms with Crippen LogP contribution in [0.4, 0.5) is 17.3 Å². The molecule has 0 saturated heterocycles. The van der Waals surface area contributed by atoms with Crippen LogP contribution in [-0.4, -0.2) is 9.97 Å². The van der Waals surface area contributed by atoms with Gasteiger partial charge in [0.1, 0.15) is 18.0 Å². The second-order valence-electron chi connectivity index (χ2n) is 4.78. The number of benzene rings is 1. The van der Waals surface area contributed by atoms with E-state index in [1.807, 2.05) is 25.1 Å². The van der Waals surface area contributed by atoms with Crippen LogP contribution in [0, 0.1) is 6.92 Å². The lowest BCUT2D eigenvalue weighted by molar-refractivity contribution is 0.855. The second-order valence-corrected chi connectivity index (χ2v) is 5.19. The van der Waals surface area contributed by atoms with Crippen LogP contribution < -0.4 is 11.1 Å². The molecule has 19 heavy (non-hydrogen) atoms. The lowest BCUT2D eigenvalue weighted by Crippen LogP contribution is -2.06. The molecule has 4 nitrogen and oxygen atoms in total. The van der Waals surface area contributed by atoms with Crippen molar-refractivity contribution in [1.29, 1.82) is 0 Å². The van der Waals surface area contributed by atoms with E-state index in [2.05, 4.69) is 29.1 Å². The number of nitrogen functional groups attached to an aromatic ring is 1. The number of hydrogen-bond acceptors (Lipinski definition) is 4. The van der Waals surface area contributed by atoms with Gasteiger partial charge in [0.2, 0.25) is 0 Å². The molecule has 0 radical (unpaired) electrons. The maximum atomic E-state index is 6.18. The summed E-state index contributed by atoms with van der Waals surface area (Å²) in [6.45, 7) is 6.12. The first-order chi connectivity index (χ1) is 8.99. The molecule has 1 aromatic carbocycles. The number of aryl methyl sites for hydroxylation is 1. The van der Waals surface area contributed by atoms with Crippen molar-refractivity contribution in [2.75, 3.05) is 11.1 Å². The fraction of sp³-hybridized carbons (Fsp3) is 0.286. The van der Waals surface area contributed by atoms with E-state index in [-0.39, 0.29) is 5.92 Å². The summed E-state index contributed by atoms with van der Waals surface area (Å²) < 4.78 is 0. The van der Waals surface area contributed by atoms with Crippen LogP contribution in [0.3, 0.4) is 0 Å². The van der Waals surface area contributed by atoms with Gasteiger partial charge in [0, 0.05) is 5.56 Å². The van der Waals surface area contributed by atoms with Gasteiger partial charge in [-0.15, -0.1) is 0 Å². The van der Waals surface area contributed by atoms with Gasteiger partial charge in [-0.1, -0.05) is 31.5 Å². The van der Waals surface area contributed by atoms with Crippen molar-refractivity contribution < 1.29 is 0 Å². The predicted molar refractivity (Wildman–Crippen MR) is 80.0 cm³/mol. The van der Waals surface area contributed by atoms with Crippen LogP contribution in [0.5, 0.6) is 0 Å². The zero-order valence-electron chi connectivity index (χ0n) is 11.2. The van der Waals surface area contributed by atoms with Crippen molar-refractivity contribution in [3.05, 3.63) is 40.7 Å². The fourth-order valence-corrected chi connectivity index (χ4v) is 2.11. The molecule has 0 amide bonds. The highest BCUT2D eigenvalue weighted by Gasteiger charge is 2.14. The topological polar surface area (TPSA) is 63.8 Å². The standard InChI is InChI=1S/C14H17ClN4/c1-8(2)12-13(16)17-7-18-14(12)19-11-6-9(3)4-5-10(11)15/h4-8H,1-3H3,(H3,16,17,18,19). The van der Waals surface area contributed by atoms with Gasteiger partial charge in [0.25, 0.3) is 0 Å². The Morgan fingerprint density at radius 2 is 2.00 bits per heavy atom. The van der Waals surface area contributed by atoms with E-state index in [1.165, 1.54) is 6.33 Å². The third kappa shape index (κ3) is 2.96. The van der Waals surface area contributed by atoms with Gasteiger partial charge in [-0.05, 0) is 30.5 Å². The highest BCUT2D eigenvalue weighted by molar-refractivity contribution is 6.33. The number of nitrogens with one attached hydrogen (secondary N) is 1. The van der Waals surface area contributed by atoms with Gasteiger partial charge in [-0.3, -0.25) is 0 Å². The van der Waals surface area contributed by atoms with Crippen molar-refractivity contribution in [3.63, 3.8) is 0 Å². The Morgan fingerprint density at radius 3 is 2.68 bits per heavy atom. The van der Waals surface area contributed by atoms with Gasteiger partial charge >= 0.3 is 0 Å². The van der Waals surface area contributed by atoms with Crippen molar-refractivity contribution >= 4 is 28.9 Å². The fourth-order valence-electron chi connectivity index (χ4n) is 1.94. The Bertz CT molecular complexity index is 596. The van der Waals surface area contributed by atoms with E-state index in [0.29, 0.717) is 16.7 Å². The van der Waals surface area contributed by atoms with Gasteiger partial charge in [-0.2, -0.15) is 0 Å². The normalized spacial score (nSPS) is 10.8. The molecule has 2 aromatic rings. The van der Waals surface area contributed by atoms with E-state index in [4.69, 9.17) is 17.3 Å². The molecule has 0 fully saturated rings. The molecule has 0 spiro atoms. The van der Waals surface area contributed by atoms with Crippen LogP contribution >= 0.6 is 11.6 Å². The quantitative estimate of drug-likeness (QED) is 0.893. The third-order valence-corrected chi connectivity index (χ3v) is 3.20. The Morgan fingerprint density at radius 1 is 1.26 bits per heavy atom. The molecule has 100 valence electrons. The number of aromatic nitrogens is 2. The molecule has 3 N–H and O–H groups in total. The number of nitrogens with zero attached hydrogens (tertiary/aromatic N) is 2. The summed E-state index contributed by atoms with van der Waals surface area (Å²) in [4.78, 5) is 8.30. The molecule has 0 saturated carbocycles. The van der Waals surface area contributed by atoms with E-state index < -0.39 is 0 Å². The number of nitrogens with two attached hydrogens (primary N) is 1. The van der Waals surface area contributed by atoms with Crippen molar-refractivity contribution in [2.24, 2.45) is 0 Å². The molecular formula is C14H17ClN4. The SMILES string of the molecule is Cc1ccc(Cl)c(Nc2ncnc(N)c2C(C)C)c1. The van der Waals surface area contributed by atoms with Gasteiger partial charge in [-0.25, -0.2) is 9.97 Å². The summed E-state index contributed by atoms with van der Waals surface area (Å²) in [6.07, 6.45) is 1.45. The lowest BCUT2D eigenvalue weighted by Gasteiger charge is -2.15. The highest BCUT2D eigenvalue weighted by atomic mass is 35.5. The largest absolute Gasteiger partial charge is 0.383 e. The smallest absolute Gasteiger partial charge is 0.139 e. The summed E-state index contributed by atoms with van der Waals surface area (Å²) in [7, 11) is 0. The van der Waals surface area contributed by atoms with Gasteiger partial charge in [0.05, 0.1) is 10.7 Å². The van der Waals surface area contributed by atoms with Crippen molar-refractivity contribution in [1.82, 2.24) is 9.97 Å². The maximum Gasteiger partial charge on any atom is 0.139 e. The minimum Gasteiger partial charge on any atom is -0.383 e. The molecule has 5 heteroatoms. The first-order valence-electron chi connectivity index (χ1n) is 6.12. The molecule has 0 unspecified atom stereocenters. The van der Waals surface area contributed by atoms with Gasteiger partial charge < -0.3 is 11.1 Å². The predicted octanol–water partition coefficient (Wildman–Crippen LogP) is 3.89.